The van der Waals surface area contributed by atoms with E-state index in [-0.39, 0.29) is 17.0 Å². The van der Waals surface area contributed by atoms with Crippen LogP contribution in [-0.2, 0) is 38.6 Å². The average Bonchev–Trinajstić information content (AvgIpc) is 2.66. The molecule has 0 aliphatic rings. The molecular weight excluding hydrogens is 502 g/mol. The number of alkyl halides is 6. The van der Waals surface area contributed by atoms with Crippen molar-refractivity contribution < 1.29 is 44.3 Å². The molecule has 0 heterocycles. The van der Waals surface area contributed by atoms with Gasteiger partial charge in [-0.15, -0.1) is 0 Å². The molecule has 0 aromatic heterocycles. The first-order chi connectivity index (χ1) is 15.1. The normalized spacial score (nSPS) is 13.3. The van der Waals surface area contributed by atoms with Gasteiger partial charge in [-0.25, -0.2) is 4.72 Å². The topological polar surface area (TPSA) is 92.3 Å². The van der Waals surface area contributed by atoms with Gasteiger partial charge < -0.3 is 5.32 Å². The predicted molar refractivity (Wildman–Crippen MR) is 105 cm³/mol. The molecule has 1 atom stereocenters. The molecule has 180 valence electrons. The van der Waals surface area contributed by atoms with Gasteiger partial charge in [-0.05, 0) is 35.4 Å². The Balaban J connectivity index is 2.25. The lowest BCUT2D eigenvalue weighted by Gasteiger charge is -2.19. The Morgan fingerprint density at radius 3 is 2.06 bits per heavy atom. The van der Waals surface area contributed by atoms with Crippen molar-refractivity contribution in [2.75, 3.05) is 0 Å². The quantitative estimate of drug-likeness (QED) is 0.550. The average molecular weight is 517 g/mol. The zero-order chi connectivity index (χ0) is 25.0. The molecule has 2 aromatic carbocycles. The molecule has 2 N–H and O–H groups in total. The molecule has 14 heteroatoms. The van der Waals surface area contributed by atoms with Crippen molar-refractivity contribution in [3.05, 3.63) is 70.2 Å². The van der Waals surface area contributed by atoms with Crippen LogP contribution in [0.3, 0.4) is 0 Å². The van der Waals surface area contributed by atoms with E-state index in [9.17, 15) is 44.3 Å². The highest BCUT2D eigenvalue weighted by atomic mass is 35.5. The molecule has 2 amide bonds. The summed E-state index contributed by atoms with van der Waals surface area (Å²) in [5, 5.41) is 2.39. The first-order valence-corrected chi connectivity index (χ1v) is 10.8. The fourth-order valence-electron chi connectivity index (χ4n) is 2.61. The van der Waals surface area contributed by atoms with E-state index in [2.05, 4.69) is 5.32 Å². The molecule has 33 heavy (non-hydrogen) atoms. The molecule has 0 saturated heterocycles. The Morgan fingerprint density at radius 1 is 0.939 bits per heavy atom. The lowest BCUT2D eigenvalue weighted by molar-refractivity contribution is -0.137. The first-order valence-electron chi connectivity index (χ1n) is 8.91. The summed E-state index contributed by atoms with van der Waals surface area (Å²) in [5.74, 6) is -2.58. The fourth-order valence-corrected chi connectivity index (χ4v) is 3.35. The second-order valence-corrected chi connectivity index (χ2v) is 8.85. The third-order valence-electron chi connectivity index (χ3n) is 4.17. The van der Waals surface area contributed by atoms with Gasteiger partial charge in [0.25, 0.3) is 5.91 Å². The van der Waals surface area contributed by atoms with Crippen LogP contribution in [0.25, 0.3) is 0 Å². The van der Waals surface area contributed by atoms with E-state index in [0.717, 1.165) is 16.9 Å². The number of halogens is 7. The summed E-state index contributed by atoms with van der Waals surface area (Å²) >= 11 is 5.80. The zero-order valence-electron chi connectivity index (χ0n) is 16.3. The minimum Gasteiger partial charge on any atom is -0.344 e. The molecule has 6 nitrogen and oxygen atoms in total. The highest BCUT2D eigenvalue weighted by Crippen LogP contribution is 2.29. The van der Waals surface area contributed by atoms with Crippen LogP contribution in [0.15, 0.2) is 48.5 Å². The molecule has 0 aliphatic carbocycles. The van der Waals surface area contributed by atoms with Crippen molar-refractivity contribution in [1.82, 2.24) is 10.0 Å². The minimum atomic E-state index is -6.08. The smallest absolute Gasteiger partial charge is 0.344 e. The molecule has 0 saturated carbocycles. The number of hydrogen-bond donors (Lipinski definition) is 2. The Hall–Kier alpha value is -2.80. The molecule has 2 aromatic rings. The zero-order valence-corrected chi connectivity index (χ0v) is 17.9. The van der Waals surface area contributed by atoms with Crippen LogP contribution in [0.5, 0.6) is 0 Å². The maximum atomic E-state index is 12.7. The van der Waals surface area contributed by atoms with Crippen molar-refractivity contribution in [3.8, 4) is 0 Å². The van der Waals surface area contributed by atoms with E-state index >= 15 is 0 Å². The van der Waals surface area contributed by atoms with Gasteiger partial charge in [0.1, 0.15) is 6.04 Å². The number of benzene rings is 2. The summed E-state index contributed by atoms with van der Waals surface area (Å²) in [6, 6.07) is 7.36. The van der Waals surface area contributed by atoms with Crippen LogP contribution in [0.2, 0.25) is 5.02 Å². The Labute approximate surface area is 189 Å². The second kappa shape index (κ2) is 10.00. The third-order valence-corrected chi connectivity index (χ3v) is 5.48. The van der Waals surface area contributed by atoms with E-state index in [1.54, 1.807) is 0 Å². The van der Waals surface area contributed by atoms with Gasteiger partial charge in [0.2, 0.25) is 5.91 Å². The van der Waals surface area contributed by atoms with Crippen LogP contribution in [0, 0.1) is 0 Å². The monoisotopic (exact) mass is 516 g/mol. The number of rotatable bonds is 7. The standard InChI is InChI=1S/C19H15ClF6N2O4S/c20-14-3-1-2-12(8-14)10-16(29)27-15(17(30)28-33(31,32)19(24,25)26)9-11-4-6-13(7-5-11)18(21,22)23/h1-8,15H,9-10H2,(H,27,29)(H,28,30)/t15-/m0/s1. The molecule has 0 radical (unpaired) electrons. The first kappa shape index (κ1) is 26.5. The van der Waals surface area contributed by atoms with Gasteiger partial charge in [-0.1, -0.05) is 35.9 Å². The van der Waals surface area contributed by atoms with Crippen LogP contribution in [-0.4, -0.2) is 31.8 Å². The minimum absolute atomic E-state index is 0.0237. The number of carbonyl (C=O) groups excluding carboxylic acids is 2. The van der Waals surface area contributed by atoms with E-state index < -0.39 is 51.5 Å². The second-order valence-electron chi connectivity index (χ2n) is 6.74. The van der Waals surface area contributed by atoms with Crippen molar-refractivity contribution >= 4 is 33.4 Å². The van der Waals surface area contributed by atoms with E-state index in [4.69, 9.17) is 11.6 Å². The van der Waals surface area contributed by atoms with Gasteiger partial charge in [0, 0.05) is 11.4 Å². The highest BCUT2D eigenvalue weighted by molar-refractivity contribution is 7.90. The van der Waals surface area contributed by atoms with Crippen LogP contribution in [0.4, 0.5) is 26.3 Å². The number of amides is 2. The number of sulfonamides is 1. The lowest BCUT2D eigenvalue weighted by Crippen LogP contribution is -2.52. The molecular formula is C19H15ClF6N2O4S. The van der Waals surface area contributed by atoms with Gasteiger partial charge in [0.15, 0.2) is 0 Å². The summed E-state index contributed by atoms with van der Waals surface area (Å²) in [6.07, 6.45) is -5.59. The van der Waals surface area contributed by atoms with E-state index in [0.29, 0.717) is 17.7 Å². The third kappa shape index (κ3) is 7.63. The number of carbonyl (C=O) groups is 2. The Kier molecular flexibility index (Phi) is 8.01. The summed E-state index contributed by atoms with van der Waals surface area (Å²) in [4.78, 5) is 24.6. The van der Waals surface area contributed by atoms with Crippen LogP contribution >= 0.6 is 11.6 Å². The van der Waals surface area contributed by atoms with Gasteiger partial charge in [-0.2, -0.15) is 34.8 Å². The summed E-state index contributed by atoms with van der Waals surface area (Å²) in [6.45, 7) is 0. The summed E-state index contributed by atoms with van der Waals surface area (Å²) < 4.78 is 99.4. The van der Waals surface area contributed by atoms with E-state index in [1.807, 2.05) is 0 Å². The molecule has 0 aliphatic heterocycles. The number of nitrogens with one attached hydrogen (secondary N) is 2. The van der Waals surface area contributed by atoms with Crippen molar-refractivity contribution in [2.45, 2.75) is 30.6 Å². The highest BCUT2D eigenvalue weighted by Gasteiger charge is 2.47. The van der Waals surface area contributed by atoms with Crippen molar-refractivity contribution in [1.29, 1.82) is 0 Å². The van der Waals surface area contributed by atoms with Crippen molar-refractivity contribution in [3.63, 3.8) is 0 Å². The van der Waals surface area contributed by atoms with Gasteiger partial charge >= 0.3 is 21.7 Å². The Bertz CT molecular complexity index is 1120. The molecule has 0 bridgehead atoms. The van der Waals surface area contributed by atoms with Gasteiger partial charge in [0.05, 0.1) is 12.0 Å². The largest absolute Gasteiger partial charge is 0.516 e. The molecule has 0 spiro atoms. The SMILES string of the molecule is O=C(Cc1cccc(Cl)c1)N[C@@H](Cc1ccc(C(F)(F)F)cc1)C(=O)NS(=O)(=O)C(F)(F)F. The lowest BCUT2D eigenvalue weighted by atomic mass is 10.0. The Morgan fingerprint density at radius 2 is 1.55 bits per heavy atom. The maximum Gasteiger partial charge on any atom is 0.516 e. The van der Waals surface area contributed by atoms with Crippen LogP contribution < -0.4 is 10.0 Å². The molecule has 0 fully saturated rings. The number of hydrogen-bond acceptors (Lipinski definition) is 4. The predicted octanol–water partition coefficient (Wildman–Crippen LogP) is 3.59. The van der Waals surface area contributed by atoms with E-state index in [1.165, 1.54) is 24.3 Å². The van der Waals surface area contributed by atoms with Crippen LogP contribution in [0.1, 0.15) is 16.7 Å². The summed E-state index contributed by atoms with van der Waals surface area (Å²) in [7, 11) is -6.08. The molecule has 0 unspecified atom stereocenters. The maximum absolute atomic E-state index is 12.7. The summed E-state index contributed by atoms with van der Waals surface area (Å²) in [5.41, 5.74) is -6.41. The molecule has 2 rings (SSSR count). The van der Waals surface area contributed by atoms with Gasteiger partial charge in [-0.3, -0.25) is 9.59 Å². The fraction of sp³-hybridized carbons (Fsp3) is 0.263. The van der Waals surface area contributed by atoms with Crippen molar-refractivity contribution in [2.24, 2.45) is 0 Å².